The number of hydrogen-bond donors (Lipinski definition) is 0. The Morgan fingerprint density at radius 3 is 1.90 bits per heavy atom. The quantitative estimate of drug-likeness (QED) is 0.641. The maximum atomic E-state index is 11.0. The number of benzene rings is 2. The van der Waals surface area contributed by atoms with Gasteiger partial charge in [-0.15, -0.1) is 0 Å². The summed E-state index contributed by atoms with van der Waals surface area (Å²) in [6.45, 7) is 5.40. The van der Waals surface area contributed by atoms with Crippen molar-refractivity contribution in [2.24, 2.45) is 5.92 Å². The summed E-state index contributed by atoms with van der Waals surface area (Å²) in [5, 5.41) is 8.77. The fourth-order valence-electron chi connectivity index (χ4n) is 4.03. The molecule has 166 valence electrons. The molecule has 0 radical (unpaired) electrons. The molecule has 2 saturated heterocycles. The lowest BCUT2D eigenvalue weighted by molar-refractivity contribution is 0.207. The van der Waals surface area contributed by atoms with E-state index in [4.69, 9.17) is 9.44 Å². The first-order valence-electron chi connectivity index (χ1n) is 10.7. The SMILES string of the molecule is CS(=O)(=O)O[C@H]1CCN(Cc2ccccc2)C1.N#C[C@@H]1CCN(Cc2ccccc2)C1. The Bertz CT molecular complexity index is 945. The van der Waals surface area contributed by atoms with Gasteiger partial charge < -0.3 is 0 Å². The lowest BCUT2D eigenvalue weighted by Gasteiger charge is -2.15. The second kappa shape index (κ2) is 11.4. The van der Waals surface area contributed by atoms with Crippen LogP contribution >= 0.6 is 0 Å². The number of likely N-dealkylation sites (tertiary alicyclic amines) is 2. The van der Waals surface area contributed by atoms with Crippen LogP contribution in [0, 0.1) is 17.2 Å². The van der Waals surface area contributed by atoms with Crippen molar-refractivity contribution in [3.63, 3.8) is 0 Å². The molecule has 0 aromatic heterocycles. The van der Waals surface area contributed by atoms with Gasteiger partial charge in [0.2, 0.25) is 0 Å². The third kappa shape index (κ3) is 8.42. The summed E-state index contributed by atoms with van der Waals surface area (Å²) in [4.78, 5) is 4.56. The summed E-state index contributed by atoms with van der Waals surface area (Å²) in [6.07, 6.45) is 2.73. The zero-order valence-corrected chi connectivity index (χ0v) is 18.9. The Balaban J connectivity index is 0.000000179. The van der Waals surface area contributed by atoms with Crippen LogP contribution < -0.4 is 0 Å². The van der Waals surface area contributed by atoms with Gasteiger partial charge >= 0.3 is 0 Å². The topological polar surface area (TPSA) is 73.6 Å². The van der Waals surface area contributed by atoms with Crippen molar-refractivity contribution >= 4 is 10.1 Å². The predicted molar refractivity (Wildman–Crippen MR) is 121 cm³/mol. The normalized spacial score (nSPS) is 21.9. The third-order valence-corrected chi connectivity index (χ3v) is 6.11. The smallest absolute Gasteiger partial charge is 0.264 e. The van der Waals surface area contributed by atoms with Crippen LogP contribution in [-0.4, -0.2) is 56.8 Å². The molecule has 2 heterocycles. The van der Waals surface area contributed by atoms with Gasteiger partial charge in [-0.2, -0.15) is 13.7 Å². The minimum atomic E-state index is -3.33. The molecule has 2 aliphatic heterocycles. The van der Waals surface area contributed by atoms with Crippen molar-refractivity contribution in [1.29, 1.82) is 5.26 Å². The molecule has 2 atom stereocenters. The van der Waals surface area contributed by atoms with E-state index >= 15 is 0 Å². The molecule has 2 aromatic rings. The first-order chi connectivity index (χ1) is 14.9. The molecule has 31 heavy (non-hydrogen) atoms. The van der Waals surface area contributed by atoms with E-state index in [0.29, 0.717) is 6.54 Å². The van der Waals surface area contributed by atoms with Crippen molar-refractivity contribution in [2.75, 3.05) is 32.4 Å². The molecule has 0 amide bonds. The fourth-order valence-corrected chi connectivity index (χ4v) is 4.68. The lowest BCUT2D eigenvalue weighted by atomic mass is 10.1. The molecule has 2 fully saturated rings. The van der Waals surface area contributed by atoms with Gasteiger partial charge in [0.1, 0.15) is 0 Å². The zero-order valence-electron chi connectivity index (χ0n) is 18.1. The van der Waals surface area contributed by atoms with E-state index in [1.165, 1.54) is 11.1 Å². The van der Waals surface area contributed by atoms with Gasteiger partial charge in [0.15, 0.2) is 0 Å². The van der Waals surface area contributed by atoms with Gasteiger partial charge in [0, 0.05) is 32.7 Å². The van der Waals surface area contributed by atoms with E-state index < -0.39 is 10.1 Å². The van der Waals surface area contributed by atoms with Gasteiger partial charge in [-0.3, -0.25) is 14.0 Å². The number of rotatable bonds is 6. The van der Waals surface area contributed by atoms with Gasteiger partial charge in [0.25, 0.3) is 10.1 Å². The summed E-state index contributed by atoms with van der Waals surface area (Å²) >= 11 is 0. The van der Waals surface area contributed by atoms with Crippen LogP contribution in [0.15, 0.2) is 60.7 Å². The lowest BCUT2D eigenvalue weighted by Crippen LogP contribution is -2.24. The van der Waals surface area contributed by atoms with Crippen LogP contribution in [0.5, 0.6) is 0 Å². The largest absolute Gasteiger partial charge is 0.298 e. The second-order valence-corrected chi connectivity index (χ2v) is 9.87. The highest BCUT2D eigenvalue weighted by atomic mass is 32.2. The first-order valence-corrected chi connectivity index (χ1v) is 12.5. The fraction of sp³-hybridized carbons (Fsp3) is 0.458. The molecule has 0 aliphatic carbocycles. The van der Waals surface area contributed by atoms with Crippen molar-refractivity contribution in [1.82, 2.24) is 9.80 Å². The van der Waals surface area contributed by atoms with Gasteiger partial charge in [-0.05, 0) is 30.5 Å². The van der Waals surface area contributed by atoms with Crippen molar-refractivity contribution in [3.05, 3.63) is 71.8 Å². The molecule has 0 N–H and O–H groups in total. The molecule has 6 nitrogen and oxygen atoms in total. The summed E-state index contributed by atoms with van der Waals surface area (Å²) in [7, 11) is -3.33. The monoisotopic (exact) mass is 441 g/mol. The minimum Gasteiger partial charge on any atom is -0.298 e. The Hall–Kier alpha value is -2.24. The summed E-state index contributed by atoms with van der Waals surface area (Å²) in [6, 6.07) is 22.9. The highest BCUT2D eigenvalue weighted by Gasteiger charge is 2.26. The first kappa shape index (κ1) is 23.4. The minimum absolute atomic E-state index is 0.186. The standard InChI is InChI=1S/C12H14N2.C12H17NO3S/c13-8-12-6-7-14(10-12)9-11-4-2-1-3-5-11;1-17(14,15)16-12-7-8-13(10-12)9-11-5-3-2-4-6-11/h1-5,12H,6-7,9-10H2;2-6,12H,7-10H2,1H3/t2*12-/m00/s1. The number of nitriles is 1. The zero-order chi connectivity index (χ0) is 22.1. The maximum Gasteiger partial charge on any atom is 0.264 e. The molecule has 7 heteroatoms. The van der Waals surface area contributed by atoms with Crippen LogP contribution in [-0.2, 0) is 27.4 Å². The average Bonchev–Trinajstić information content (AvgIpc) is 3.38. The summed E-state index contributed by atoms with van der Waals surface area (Å²) in [5.74, 6) is 0.249. The number of hydrogen-bond acceptors (Lipinski definition) is 6. The summed E-state index contributed by atoms with van der Waals surface area (Å²) in [5.41, 5.74) is 2.58. The van der Waals surface area contributed by atoms with E-state index in [1.54, 1.807) is 0 Å². The Morgan fingerprint density at radius 1 is 0.903 bits per heavy atom. The molecule has 0 spiro atoms. The second-order valence-electron chi connectivity index (χ2n) is 8.27. The van der Waals surface area contributed by atoms with Gasteiger partial charge in [-0.25, -0.2) is 0 Å². The van der Waals surface area contributed by atoms with E-state index in [0.717, 1.165) is 51.8 Å². The van der Waals surface area contributed by atoms with Crippen molar-refractivity contribution in [3.8, 4) is 6.07 Å². The molecule has 0 saturated carbocycles. The van der Waals surface area contributed by atoms with Crippen LogP contribution in [0.1, 0.15) is 24.0 Å². The Labute approximate surface area is 186 Å². The van der Waals surface area contributed by atoms with Crippen molar-refractivity contribution < 1.29 is 12.6 Å². The molecule has 0 unspecified atom stereocenters. The van der Waals surface area contributed by atoms with Gasteiger partial charge in [-0.1, -0.05) is 60.7 Å². The Kier molecular flexibility index (Phi) is 8.61. The van der Waals surface area contributed by atoms with E-state index in [9.17, 15) is 8.42 Å². The summed E-state index contributed by atoms with van der Waals surface area (Å²) < 4.78 is 27.0. The number of nitrogens with zero attached hydrogens (tertiary/aromatic N) is 3. The molecule has 2 aliphatic rings. The van der Waals surface area contributed by atoms with Crippen LogP contribution in [0.4, 0.5) is 0 Å². The average molecular weight is 442 g/mol. The third-order valence-electron chi connectivity index (χ3n) is 5.49. The van der Waals surface area contributed by atoms with Crippen LogP contribution in [0.3, 0.4) is 0 Å². The molecular formula is C24H31N3O3S. The van der Waals surface area contributed by atoms with E-state index in [2.05, 4.69) is 52.3 Å². The highest BCUT2D eigenvalue weighted by Crippen LogP contribution is 2.18. The van der Waals surface area contributed by atoms with Crippen LogP contribution in [0.25, 0.3) is 0 Å². The predicted octanol–water partition coefficient (Wildman–Crippen LogP) is 3.27. The van der Waals surface area contributed by atoms with E-state index in [-0.39, 0.29) is 12.0 Å². The molecular weight excluding hydrogens is 410 g/mol. The van der Waals surface area contributed by atoms with Gasteiger partial charge in [0.05, 0.1) is 24.3 Å². The highest BCUT2D eigenvalue weighted by molar-refractivity contribution is 7.86. The van der Waals surface area contributed by atoms with Crippen molar-refractivity contribution in [2.45, 2.75) is 32.0 Å². The molecule has 2 aromatic carbocycles. The molecule has 0 bridgehead atoms. The Morgan fingerprint density at radius 2 is 1.42 bits per heavy atom. The molecule has 4 rings (SSSR count). The van der Waals surface area contributed by atoms with E-state index in [1.807, 2.05) is 24.3 Å². The maximum absolute atomic E-state index is 11.0. The van der Waals surface area contributed by atoms with Crippen LogP contribution in [0.2, 0.25) is 0 Å².